The van der Waals surface area contributed by atoms with Crippen LogP contribution in [0.3, 0.4) is 0 Å². The number of hydrogen-bond donors (Lipinski definition) is 0. The molecule has 1 fully saturated rings. The Morgan fingerprint density at radius 2 is 1.80 bits per heavy atom. The van der Waals surface area contributed by atoms with Crippen molar-refractivity contribution < 1.29 is 8.42 Å². The van der Waals surface area contributed by atoms with E-state index in [2.05, 4.69) is 0 Å². The van der Waals surface area contributed by atoms with Crippen molar-refractivity contribution in [2.45, 2.75) is 11.3 Å². The molecule has 0 radical (unpaired) electrons. The summed E-state index contributed by atoms with van der Waals surface area (Å²) in [5.41, 5.74) is 0.905. The second-order valence-electron chi connectivity index (χ2n) is 4.19. The normalized spacial score (nSPS) is 28.7. The molecule has 0 aliphatic carbocycles. The van der Waals surface area contributed by atoms with Crippen molar-refractivity contribution in [1.82, 2.24) is 4.90 Å². The lowest BCUT2D eigenvalue weighted by molar-refractivity contribution is 0.280. The Morgan fingerprint density at radius 1 is 1.20 bits per heavy atom. The predicted molar refractivity (Wildman–Crippen MR) is 60.4 cm³/mol. The molecule has 0 saturated carbocycles. The van der Waals surface area contributed by atoms with Gasteiger partial charge in [-0.1, -0.05) is 30.3 Å². The molecule has 0 aromatic heterocycles. The zero-order valence-electron chi connectivity index (χ0n) is 8.92. The van der Waals surface area contributed by atoms with Crippen molar-refractivity contribution in [1.29, 1.82) is 0 Å². The van der Waals surface area contributed by atoms with Gasteiger partial charge in [-0.3, -0.25) is 0 Å². The summed E-state index contributed by atoms with van der Waals surface area (Å²) in [5.74, 6) is 0.277. The van der Waals surface area contributed by atoms with Crippen molar-refractivity contribution in [2.75, 3.05) is 19.8 Å². The van der Waals surface area contributed by atoms with E-state index >= 15 is 0 Å². The molecule has 0 spiro atoms. The van der Waals surface area contributed by atoms with E-state index < -0.39 is 9.84 Å². The minimum atomic E-state index is -2.91. The summed E-state index contributed by atoms with van der Waals surface area (Å²) >= 11 is 0. The molecule has 0 amide bonds. The van der Waals surface area contributed by atoms with Gasteiger partial charge in [0.1, 0.15) is 5.25 Å². The first kappa shape index (κ1) is 10.6. The van der Waals surface area contributed by atoms with Gasteiger partial charge < -0.3 is 4.90 Å². The van der Waals surface area contributed by atoms with Crippen LogP contribution in [0.2, 0.25) is 0 Å². The molecular weight excluding hydrogens is 210 g/mol. The maximum Gasteiger partial charge on any atom is 0.160 e. The fraction of sp³-hybridized carbons (Fsp3) is 0.455. The van der Waals surface area contributed by atoms with E-state index in [9.17, 15) is 8.42 Å². The Hall–Kier alpha value is -0.870. The van der Waals surface area contributed by atoms with Crippen LogP contribution in [0, 0.1) is 0 Å². The zero-order valence-corrected chi connectivity index (χ0v) is 9.74. The van der Waals surface area contributed by atoms with Crippen molar-refractivity contribution in [3.63, 3.8) is 0 Å². The summed E-state index contributed by atoms with van der Waals surface area (Å²) in [6.45, 7) is 0. The van der Waals surface area contributed by atoms with Gasteiger partial charge in [0, 0.05) is 6.04 Å². The monoisotopic (exact) mass is 225 g/mol. The third-order valence-corrected chi connectivity index (χ3v) is 5.10. The van der Waals surface area contributed by atoms with Crippen molar-refractivity contribution in [3.05, 3.63) is 35.9 Å². The Labute approximate surface area is 90.6 Å². The summed E-state index contributed by atoms with van der Waals surface area (Å²) in [6, 6.07) is 9.57. The molecule has 3 nitrogen and oxygen atoms in total. The van der Waals surface area contributed by atoms with Crippen molar-refractivity contribution in [2.24, 2.45) is 0 Å². The van der Waals surface area contributed by atoms with Crippen LogP contribution < -0.4 is 0 Å². The molecule has 1 aromatic rings. The lowest BCUT2D eigenvalue weighted by Crippen LogP contribution is -2.52. The van der Waals surface area contributed by atoms with E-state index in [0.29, 0.717) is 0 Å². The van der Waals surface area contributed by atoms with E-state index in [1.54, 1.807) is 0 Å². The second kappa shape index (κ2) is 3.61. The summed E-state index contributed by atoms with van der Waals surface area (Å²) in [7, 11) is 0.941. The summed E-state index contributed by atoms with van der Waals surface area (Å²) in [5, 5.41) is -0.339. The van der Waals surface area contributed by atoms with Crippen LogP contribution in [0.5, 0.6) is 0 Å². The molecule has 2 rings (SSSR count). The number of likely N-dealkylation sites (N-methyl/N-ethyl adjacent to an activating group) is 1. The van der Waals surface area contributed by atoms with Gasteiger partial charge in [-0.15, -0.1) is 0 Å². The number of benzene rings is 1. The van der Waals surface area contributed by atoms with Gasteiger partial charge in [0.05, 0.1) is 5.75 Å². The van der Waals surface area contributed by atoms with Crippen molar-refractivity contribution >= 4 is 9.84 Å². The SMILES string of the molecule is CN(C)[C@H]1CS(=O)(=O)[C@@H]1c1ccccc1. The van der Waals surface area contributed by atoms with Gasteiger partial charge in [0.15, 0.2) is 9.84 Å². The molecule has 0 N–H and O–H groups in total. The summed E-state index contributed by atoms with van der Waals surface area (Å²) < 4.78 is 23.4. The van der Waals surface area contributed by atoms with Crippen LogP contribution in [0.25, 0.3) is 0 Å². The van der Waals surface area contributed by atoms with E-state index in [0.717, 1.165) is 5.56 Å². The number of nitrogens with zero attached hydrogens (tertiary/aromatic N) is 1. The highest BCUT2D eigenvalue weighted by atomic mass is 32.2. The van der Waals surface area contributed by atoms with E-state index in [1.165, 1.54) is 0 Å². The van der Waals surface area contributed by atoms with Crippen LogP contribution in [0.4, 0.5) is 0 Å². The standard InChI is InChI=1S/C11H15NO2S/c1-12(2)10-8-15(13,14)11(10)9-6-4-3-5-7-9/h3-7,10-11H,8H2,1-2H3/t10-,11+/m0/s1. The van der Waals surface area contributed by atoms with Gasteiger partial charge in [0.2, 0.25) is 0 Å². The summed E-state index contributed by atoms with van der Waals surface area (Å²) in [6.07, 6.45) is 0. The first-order valence-electron chi connectivity index (χ1n) is 4.95. The van der Waals surface area contributed by atoms with Gasteiger partial charge in [-0.05, 0) is 19.7 Å². The molecule has 1 aromatic carbocycles. The quantitative estimate of drug-likeness (QED) is 0.756. The van der Waals surface area contributed by atoms with Crippen LogP contribution >= 0.6 is 0 Å². The van der Waals surface area contributed by atoms with E-state index in [-0.39, 0.29) is 17.0 Å². The largest absolute Gasteiger partial charge is 0.304 e. The third-order valence-electron chi connectivity index (χ3n) is 2.93. The Bertz CT molecular complexity index is 439. The molecule has 1 heterocycles. The number of rotatable bonds is 2. The maximum absolute atomic E-state index is 11.7. The molecule has 1 aliphatic heterocycles. The molecule has 15 heavy (non-hydrogen) atoms. The maximum atomic E-state index is 11.7. The van der Waals surface area contributed by atoms with E-state index in [4.69, 9.17) is 0 Å². The molecule has 2 atom stereocenters. The van der Waals surface area contributed by atoms with Gasteiger partial charge in [-0.2, -0.15) is 0 Å². The lowest BCUT2D eigenvalue weighted by Gasteiger charge is -2.40. The number of sulfone groups is 1. The van der Waals surface area contributed by atoms with Crippen LogP contribution in [0.15, 0.2) is 30.3 Å². The molecule has 0 bridgehead atoms. The van der Waals surface area contributed by atoms with Gasteiger partial charge in [-0.25, -0.2) is 8.42 Å². The first-order chi connectivity index (χ1) is 7.02. The smallest absolute Gasteiger partial charge is 0.160 e. The molecule has 1 aliphatic rings. The molecular formula is C11H15NO2S. The highest BCUT2D eigenvalue weighted by Gasteiger charge is 2.47. The highest BCUT2D eigenvalue weighted by molar-refractivity contribution is 7.93. The lowest BCUT2D eigenvalue weighted by atomic mass is 10.0. The van der Waals surface area contributed by atoms with Crippen LogP contribution in [-0.4, -0.2) is 39.2 Å². The average molecular weight is 225 g/mol. The third kappa shape index (κ3) is 1.79. The van der Waals surface area contributed by atoms with Crippen LogP contribution in [-0.2, 0) is 9.84 Å². The number of hydrogen-bond acceptors (Lipinski definition) is 3. The minimum Gasteiger partial charge on any atom is -0.304 e. The van der Waals surface area contributed by atoms with Crippen molar-refractivity contribution in [3.8, 4) is 0 Å². The average Bonchev–Trinajstić information content (AvgIpc) is 2.16. The predicted octanol–water partition coefficient (Wildman–Crippen LogP) is 1.09. The fourth-order valence-electron chi connectivity index (χ4n) is 2.04. The van der Waals surface area contributed by atoms with Gasteiger partial charge >= 0.3 is 0 Å². The fourth-order valence-corrected chi connectivity index (χ4v) is 4.24. The van der Waals surface area contributed by atoms with Crippen LogP contribution in [0.1, 0.15) is 10.8 Å². The topological polar surface area (TPSA) is 37.4 Å². The molecule has 1 saturated heterocycles. The second-order valence-corrected chi connectivity index (χ2v) is 6.36. The highest BCUT2D eigenvalue weighted by Crippen LogP contribution is 2.38. The Morgan fingerprint density at radius 3 is 2.27 bits per heavy atom. The molecule has 82 valence electrons. The molecule has 0 unspecified atom stereocenters. The minimum absolute atomic E-state index is 0.123. The zero-order chi connectivity index (χ0) is 11.1. The van der Waals surface area contributed by atoms with Gasteiger partial charge in [0.25, 0.3) is 0 Å². The Kier molecular flexibility index (Phi) is 2.56. The van der Waals surface area contributed by atoms with E-state index in [1.807, 2.05) is 49.3 Å². The first-order valence-corrected chi connectivity index (χ1v) is 6.67. The summed E-state index contributed by atoms with van der Waals surface area (Å²) in [4.78, 5) is 1.98. The Balaban J connectivity index is 2.34. The molecule has 4 heteroatoms.